The van der Waals surface area contributed by atoms with Crippen molar-refractivity contribution >= 4 is 65.4 Å². The van der Waals surface area contributed by atoms with E-state index in [4.69, 9.17) is 9.97 Å². The molecule has 0 aliphatic heterocycles. The Morgan fingerprint density at radius 1 is 0.346 bits per heavy atom. The van der Waals surface area contributed by atoms with Gasteiger partial charge in [-0.1, -0.05) is 103 Å². The van der Waals surface area contributed by atoms with E-state index in [2.05, 4.69) is 179 Å². The zero-order chi connectivity index (χ0) is 34.2. The number of fused-ring (bicyclic) bond motifs is 8. The molecule has 0 aliphatic rings. The van der Waals surface area contributed by atoms with Crippen molar-refractivity contribution in [2.75, 3.05) is 0 Å². The van der Waals surface area contributed by atoms with Crippen LogP contribution in [0.15, 0.2) is 182 Å². The summed E-state index contributed by atoms with van der Waals surface area (Å²) in [4.78, 5) is 10.0. The van der Waals surface area contributed by atoms with E-state index in [1.807, 2.05) is 6.20 Å². The van der Waals surface area contributed by atoms with Crippen LogP contribution in [-0.2, 0) is 0 Å². The molecular weight excluding hydrogens is 633 g/mol. The third-order valence-corrected chi connectivity index (χ3v) is 10.6. The molecule has 0 saturated heterocycles. The molecule has 8 aromatic carbocycles. The van der Waals surface area contributed by atoms with Crippen molar-refractivity contribution < 1.29 is 0 Å². The quantitative estimate of drug-likeness (QED) is 0.188. The van der Waals surface area contributed by atoms with Crippen molar-refractivity contribution in [3.05, 3.63) is 182 Å². The smallest absolute Gasteiger partial charge is 0.113 e. The number of benzene rings is 8. The molecule has 0 atom stereocenters. The third kappa shape index (κ3) is 4.28. The number of hydrogen-bond donors (Lipinski definition) is 0. The van der Waals surface area contributed by atoms with E-state index in [9.17, 15) is 0 Å². The second kappa shape index (κ2) is 11.2. The molecule has 242 valence electrons. The lowest BCUT2D eigenvalue weighted by Gasteiger charge is -2.14. The summed E-state index contributed by atoms with van der Waals surface area (Å²) in [6.45, 7) is 0. The zero-order valence-electron chi connectivity index (χ0n) is 28.1. The van der Waals surface area contributed by atoms with Gasteiger partial charge < -0.3 is 9.13 Å². The predicted molar refractivity (Wildman–Crippen MR) is 217 cm³/mol. The number of rotatable bonds is 4. The molecule has 0 N–H and O–H groups in total. The largest absolute Gasteiger partial charge is 0.309 e. The van der Waals surface area contributed by atoms with E-state index in [0.29, 0.717) is 0 Å². The van der Waals surface area contributed by atoms with E-state index in [0.717, 1.165) is 44.6 Å². The Kier molecular flexibility index (Phi) is 6.22. The van der Waals surface area contributed by atoms with Crippen LogP contribution in [0.25, 0.3) is 99.0 Å². The Balaban J connectivity index is 1.15. The van der Waals surface area contributed by atoms with E-state index < -0.39 is 0 Å². The summed E-state index contributed by atoms with van der Waals surface area (Å²) in [7, 11) is 0. The predicted octanol–water partition coefficient (Wildman–Crippen LogP) is 12.3. The molecule has 0 saturated carbocycles. The molecule has 0 amide bonds. The van der Waals surface area contributed by atoms with Crippen LogP contribution in [0, 0.1) is 0 Å². The lowest BCUT2D eigenvalue weighted by molar-refractivity contribution is 1.17. The highest BCUT2D eigenvalue weighted by molar-refractivity contribution is 6.16. The molecule has 0 fully saturated rings. The van der Waals surface area contributed by atoms with Gasteiger partial charge in [0.05, 0.1) is 33.3 Å². The standard InChI is InChI=1S/C48H30N4/c1-3-11-31(12-4-1)34-19-22-44-40(28-34)41-27-32-13-7-8-14-33(32)30-46(41)52(44)45-24-21-37(47-48(45)50-26-25-49-47)35-20-23-43-39(29-35)38-17-9-10-18-42(38)51(43)36-15-5-2-6-16-36/h1-30H. The van der Waals surface area contributed by atoms with Gasteiger partial charge >= 0.3 is 0 Å². The maximum Gasteiger partial charge on any atom is 0.113 e. The van der Waals surface area contributed by atoms with Gasteiger partial charge in [0.15, 0.2) is 0 Å². The van der Waals surface area contributed by atoms with Crippen molar-refractivity contribution in [1.29, 1.82) is 0 Å². The zero-order valence-corrected chi connectivity index (χ0v) is 28.1. The van der Waals surface area contributed by atoms with Gasteiger partial charge in [0, 0.05) is 45.2 Å². The Morgan fingerprint density at radius 2 is 0.942 bits per heavy atom. The van der Waals surface area contributed by atoms with Crippen LogP contribution >= 0.6 is 0 Å². The number of hydrogen-bond acceptors (Lipinski definition) is 2. The number of aromatic nitrogens is 4. The van der Waals surface area contributed by atoms with Crippen molar-refractivity contribution in [1.82, 2.24) is 19.1 Å². The normalized spacial score (nSPS) is 11.8. The molecule has 0 radical (unpaired) electrons. The molecule has 0 bridgehead atoms. The van der Waals surface area contributed by atoms with Gasteiger partial charge in [-0.05, 0) is 94.2 Å². The first-order chi connectivity index (χ1) is 25.8. The van der Waals surface area contributed by atoms with Crippen LogP contribution in [-0.4, -0.2) is 19.1 Å². The first-order valence-electron chi connectivity index (χ1n) is 17.7. The Hall–Kier alpha value is -7.04. The molecular formula is C48H30N4. The number of nitrogens with zero attached hydrogens (tertiary/aromatic N) is 4. The first-order valence-corrected chi connectivity index (χ1v) is 17.7. The molecule has 0 aliphatic carbocycles. The lowest BCUT2D eigenvalue weighted by atomic mass is 10.00. The minimum Gasteiger partial charge on any atom is -0.309 e. The summed E-state index contributed by atoms with van der Waals surface area (Å²) in [5, 5.41) is 7.29. The highest BCUT2D eigenvalue weighted by Gasteiger charge is 2.20. The SMILES string of the molecule is c1ccc(-c2ccc3c(c2)c2cc4ccccc4cc2n3-c2ccc(-c3ccc4c(c3)c3ccccc3n4-c3ccccc3)c3nccnc23)cc1. The highest BCUT2D eigenvalue weighted by atomic mass is 15.0. The van der Waals surface area contributed by atoms with Gasteiger partial charge in [-0.2, -0.15) is 0 Å². The van der Waals surface area contributed by atoms with Crippen LogP contribution in [0.1, 0.15) is 0 Å². The van der Waals surface area contributed by atoms with Crippen molar-refractivity contribution in [3.8, 4) is 33.6 Å². The van der Waals surface area contributed by atoms with Crippen LogP contribution in [0.3, 0.4) is 0 Å². The highest BCUT2D eigenvalue weighted by Crippen LogP contribution is 2.41. The minimum atomic E-state index is 0.867. The van der Waals surface area contributed by atoms with Gasteiger partial charge in [0.1, 0.15) is 5.52 Å². The summed E-state index contributed by atoms with van der Waals surface area (Å²) in [5.74, 6) is 0. The Morgan fingerprint density at radius 3 is 1.77 bits per heavy atom. The maximum absolute atomic E-state index is 5.03. The fraction of sp³-hybridized carbons (Fsp3) is 0. The molecule has 52 heavy (non-hydrogen) atoms. The molecule has 11 rings (SSSR count). The second-order valence-corrected chi connectivity index (χ2v) is 13.5. The molecule has 4 nitrogen and oxygen atoms in total. The monoisotopic (exact) mass is 662 g/mol. The van der Waals surface area contributed by atoms with E-state index >= 15 is 0 Å². The van der Waals surface area contributed by atoms with E-state index in [1.54, 1.807) is 6.20 Å². The van der Waals surface area contributed by atoms with Gasteiger partial charge in [-0.15, -0.1) is 0 Å². The topological polar surface area (TPSA) is 35.6 Å². The fourth-order valence-corrected chi connectivity index (χ4v) is 8.23. The summed E-state index contributed by atoms with van der Waals surface area (Å²) in [6.07, 6.45) is 3.62. The lowest BCUT2D eigenvalue weighted by Crippen LogP contribution is -1.99. The second-order valence-electron chi connectivity index (χ2n) is 13.5. The van der Waals surface area contributed by atoms with E-state index in [1.165, 1.54) is 54.5 Å². The summed E-state index contributed by atoms with van der Waals surface area (Å²) < 4.78 is 4.73. The van der Waals surface area contributed by atoms with Crippen molar-refractivity contribution in [3.63, 3.8) is 0 Å². The fourth-order valence-electron chi connectivity index (χ4n) is 8.23. The van der Waals surface area contributed by atoms with Crippen LogP contribution in [0.2, 0.25) is 0 Å². The van der Waals surface area contributed by atoms with Gasteiger partial charge in [0.25, 0.3) is 0 Å². The van der Waals surface area contributed by atoms with Gasteiger partial charge in [-0.25, -0.2) is 0 Å². The van der Waals surface area contributed by atoms with Crippen LogP contribution < -0.4 is 0 Å². The van der Waals surface area contributed by atoms with E-state index in [-0.39, 0.29) is 0 Å². The molecule has 3 heterocycles. The van der Waals surface area contributed by atoms with Gasteiger partial charge in [0.2, 0.25) is 0 Å². The Labute approximate surface area is 299 Å². The summed E-state index contributed by atoms with van der Waals surface area (Å²) >= 11 is 0. The summed E-state index contributed by atoms with van der Waals surface area (Å²) in [5.41, 5.74) is 13.1. The third-order valence-electron chi connectivity index (χ3n) is 10.6. The molecule has 11 aromatic rings. The molecule has 0 unspecified atom stereocenters. The molecule has 3 aromatic heterocycles. The van der Waals surface area contributed by atoms with Crippen LogP contribution in [0.4, 0.5) is 0 Å². The van der Waals surface area contributed by atoms with Crippen molar-refractivity contribution in [2.24, 2.45) is 0 Å². The molecule has 4 heteroatoms. The maximum atomic E-state index is 5.03. The average Bonchev–Trinajstić information content (AvgIpc) is 3.71. The number of para-hydroxylation sites is 2. The molecule has 0 spiro atoms. The van der Waals surface area contributed by atoms with Gasteiger partial charge in [-0.3, -0.25) is 9.97 Å². The van der Waals surface area contributed by atoms with Crippen LogP contribution in [0.5, 0.6) is 0 Å². The van der Waals surface area contributed by atoms with Crippen molar-refractivity contribution in [2.45, 2.75) is 0 Å². The Bertz CT molecular complexity index is 3170. The first kappa shape index (κ1) is 28.8. The average molecular weight is 663 g/mol. The summed E-state index contributed by atoms with van der Waals surface area (Å²) in [6, 6.07) is 61.2. The minimum absolute atomic E-state index is 0.867.